The fourth-order valence-electron chi connectivity index (χ4n) is 5.62. The molecule has 0 aromatic carbocycles. The summed E-state index contributed by atoms with van der Waals surface area (Å²) >= 11 is 0. The number of pyridine rings is 2. The summed E-state index contributed by atoms with van der Waals surface area (Å²) in [5, 5.41) is 28.6. The Hall–Kier alpha value is -4.99. The van der Waals surface area contributed by atoms with E-state index in [-0.39, 0.29) is 12.1 Å². The van der Waals surface area contributed by atoms with Crippen LogP contribution in [0.5, 0.6) is 5.75 Å². The molecule has 5 aromatic heterocycles. The molecule has 1 fully saturated rings. The second-order valence-electron chi connectivity index (χ2n) is 11.9. The van der Waals surface area contributed by atoms with E-state index in [1.54, 1.807) is 32.7 Å². The first-order valence-electron chi connectivity index (χ1n) is 14.3. The van der Waals surface area contributed by atoms with E-state index in [4.69, 9.17) is 9.47 Å². The SMILES string of the molecule is Cc1c(-c2cc(OC(C)c3cncc4c3cnn4C)c3c(C#N)cnn3c2)nnn1C1CCN(C(=O)OC(C)(C)C)CC1. The Bertz CT molecular complexity index is 1860. The van der Waals surface area contributed by atoms with Crippen molar-refractivity contribution < 1.29 is 14.3 Å². The van der Waals surface area contributed by atoms with E-state index in [1.165, 1.54) is 6.20 Å². The van der Waals surface area contributed by atoms with Crippen LogP contribution < -0.4 is 4.74 Å². The zero-order chi connectivity index (χ0) is 30.5. The first-order chi connectivity index (χ1) is 20.5. The third kappa shape index (κ3) is 5.24. The lowest BCUT2D eigenvalue weighted by atomic mass is 10.0. The number of piperidine rings is 1. The summed E-state index contributed by atoms with van der Waals surface area (Å²) in [5.74, 6) is 0.500. The standard InChI is InChI=1S/C30H34N10O3/c1-18-27(35-36-40(18)22-7-9-38(10-8-22)29(41)43-30(3,4)5)20-11-26(28-21(12-31)13-34-39(28)17-20)42-19(2)23-14-32-16-25-24(23)15-33-37(25)6/h11,13-17,19,22H,7-10H2,1-6H3. The van der Waals surface area contributed by atoms with Crippen LogP contribution in [-0.2, 0) is 11.8 Å². The van der Waals surface area contributed by atoms with Gasteiger partial charge in [0.25, 0.3) is 0 Å². The molecule has 1 atom stereocenters. The van der Waals surface area contributed by atoms with Crippen LogP contribution in [0.25, 0.3) is 27.7 Å². The van der Waals surface area contributed by atoms with Gasteiger partial charge in [-0.3, -0.25) is 9.67 Å². The van der Waals surface area contributed by atoms with Gasteiger partial charge >= 0.3 is 6.09 Å². The lowest BCUT2D eigenvalue weighted by Gasteiger charge is -2.33. The molecule has 1 aliphatic heterocycles. The highest BCUT2D eigenvalue weighted by molar-refractivity contribution is 5.81. The molecule has 222 valence electrons. The average Bonchev–Trinajstić information content (AvgIpc) is 3.68. The summed E-state index contributed by atoms with van der Waals surface area (Å²) in [6.07, 6.45) is 9.52. The summed E-state index contributed by atoms with van der Waals surface area (Å²) in [6, 6.07) is 4.21. The maximum absolute atomic E-state index is 12.5. The van der Waals surface area contributed by atoms with E-state index >= 15 is 0 Å². The lowest BCUT2D eigenvalue weighted by molar-refractivity contribution is 0.0183. The molecule has 0 radical (unpaired) electrons. The van der Waals surface area contributed by atoms with Crippen molar-refractivity contribution in [2.75, 3.05) is 13.1 Å². The summed E-state index contributed by atoms with van der Waals surface area (Å²) in [5.41, 5.74) is 4.58. The van der Waals surface area contributed by atoms with Crippen molar-refractivity contribution in [1.29, 1.82) is 5.26 Å². The van der Waals surface area contributed by atoms with Gasteiger partial charge in [-0.2, -0.15) is 15.5 Å². The number of ether oxygens (including phenoxy) is 2. The van der Waals surface area contributed by atoms with Gasteiger partial charge in [0.2, 0.25) is 0 Å². The van der Waals surface area contributed by atoms with Crippen molar-refractivity contribution in [3.63, 3.8) is 0 Å². The average molecular weight is 583 g/mol. The number of nitrogens with zero attached hydrogens (tertiary/aromatic N) is 10. The number of hydrogen-bond donors (Lipinski definition) is 0. The maximum atomic E-state index is 12.5. The molecule has 43 heavy (non-hydrogen) atoms. The molecule has 0 saturated carbocycles. The normalized spacial score (nSPS) is 15.1. The first kappa shape index (κ1) is 28.1. The van der Waals surface area contributed by atoms with Crippen LogP contribution >= 0.6 is 0 Å². The van der Waals surface area contributed by atoms with E-state index in [0.29, 0.717) is 35.6 Å². The van der Waals surface area contributed by atoms with Crippen LogP contribution in [-0.4, -0.2) is 69.1 Å². The van der Waals surface area contributed by atoms with Gasteiger partial charge in [-0.25, -0.2) is 14.0 Å². The van der Waals surface area contributed by atoms with Crippen molar-refractivity contribution in [2.45, 2.75) is 65.2 Å². The highest BCUT2D eigenvalue weighted by atomic mass is 16.6. The molecule has 0 aliphatic carbocycles. The zero-order valence-electron chi connectivity index (χ0n) is 25.1. The van der Waals surface area contributed by atoms with Gasteiger partial charge in [0.15, 0.2) is 0 Å². The van der Waals surface area contributed by atoms with Gasteiger partial charge in [0, 0.05) is 49.0 Å². The van der Waals surface area contributed by atoms with Crippen molar-refractivity contribution in [2.24, 2.45) is 7.05 Å². The highest BCUT2D eigenvalue weighted by Gasteiger charge is 2.29. The summed E-state index contributed by atoms with van der Waals surface area (Å²) in [7, 11) is 1.87. The van der Waals surface area contributed by atoms with Crippen LogP contribution in [0.15, 0.2) is 37.1 Å². The number of amides is 1. The molecule has 1 aliphatic rings. The third-order valence-corrected chi connectivity index (χ3v) is 7.81. The molecule has 1 saturated heterocycles. The largest absolute Gasteiger partial charge is 0.484 e. The fourth-order valence-corrected chi connectivity index (χ4v) is 5.62. The zero-order valence-corrected chi connectivity index (χ0v) is 25.1. The van der Waals surface area contributed by atoms with Crippen molar-refractivity contribution in [3.8, 4) is 23.1 Å². The van der Waals surface area contributed by atoms with Crippen molar-refractivity contribution >= 4 is 22.5 Å². The summed E-state index contributed by atoms with van der Waals surface area (Å²) in [4.78, 5) is 18.7. The van der Waals surface area contributed by atoms with E-state index in [2.05, 4.69) is 31.6 Å². The van der Waals surface area contributed by atoms with Crippen molar-refractivity contribution in [1.82, 2.24) is 44.3 Å². The van der Waals surface area contributed by atoms with Gasteiger partial charge < -0.3 is 14.4 Å². The number of aromatic nitrogens is 8. The molecule has 0 N–H and O–H groups in total. The topological polar surface area (TPSA) is 141 Å². The molecule has 13 nitrogen and oxygen atoms in total. The predicted molar refractivity (Wildman–Crippen MR) is 157 cm³/mol. The predicted octanol–water partition coefficient (Wildman–Crippen LogP) is 4.77. The Morgan fingerprint density at radius 2 is 1.91 bits per heavy atom. The fraction of sp³-hybridized carbons (Fsp3) is 0.433. The summed E-state index contributed by atoms with van der Waals surface area (Å²) in [6.45, 7) is 10.7. The van der Waals surface area contributed by atoms with Gasteiger partial charge in [-0.05, 0) is 53.5 Å². The lowest BCUT2D eigenvalue weighted by Crippen LogP contribution is -2.42. The quantitative estimate of drug-likeness (QED) is 0.286. The molecule has 6 heterocycles. The van der Waals surface area contributed by atoms with E-state index in [0.717, 1.165) is 40.6 Å². The smallest absolute Gasteiger partial charge is 0.410 e. The van der Waals surface area contributed by atoms with Gasteiger partial charge in [-0.1, -0.05) is 5.21 Å². The first-order valence-corrected chi connectivity index (χ1v) is 14.3. The molecule has 1 amide bonds. The van der Waals surface area contributed by atoms with Crippen molar-refractivity contribution in [3.05, 3.63) is 53.9 Å². The molecule has 5 aromatic rings. The molecular formula is C30H34N10O3. The Labute approximate surface area is 248 Å². The Morgan fingerprint density at radius 3 is 2.63 bits per heavy atom. The number of aryl methyl sites for hydroxylation is 1. The molecule has 6 rings (SSSR count). The Morgan fingerprint density at radius 1 is 1.14 bits per heavy atom. The minimum Gasteiger partial charge on any atom is -0.484 e. The summed E-state index contributed by atoms with van der Waals surface area (Å²) < 4.78 is 17.4. The molecule has 0 bridgehead atoms. The van der Waals surface area contributed by atoms with Crippen LogP contribution in [0.3, 0.4) is 0 Å². The number of likely N-dealkylation sites (tertiary alicyclic amines) is 1. The second kappa shape index (κ2) is 10.7. The van der Waals surface area contributed by atoms with Crippen LogP contribution in [0.4, 0.5) is 4.79 Å². The molecule has 13 heteroatoms. The molecule has 0 spiro atoms. The Balaban J connectivity index is 1.29. The minimum atomic E-state index is -0.529. The van der Waals surface area contributed by atoms with Crippen LogP contribution in [0.1, 0.15) is 69.5 Å². The third-order valence-electron chi connectivity index (χ3n) is 7.81. The van der Waals surface area contributed by atoms with Gasteiger partial charge in [-0.15, -0.1) is 5.10 Å². The number of carbonyl (C=O) groups is 1. The van der Waals surface area contributed by atoms with Crippen LogP contribution in [0, 0.1) is 18.3 Å². The minimum absolute atomic E-state index is 0.0989. The number of fused-ring (bicyclic) bond motifs is 2. The van der Waals surface area contributed by atoms with Crippen LogP contribution in [0.2, 0.25) is 0 Å². The number of nitriles is 1. The number of hydrogen-bond acceptors (Lipinski definition) is 9. The monoisotopic (exact) mass is 582 g/mol. The van der Waals surface area contributed by atoms with E-state index in [1.807, 2.05) is 58.6 Å². The highest BCUT2D eigenvalue weighted by Crippen LogP contribution is 2.35. The second-order valence-corrected chi connectivity index (χ2v) is 11.9. The molecular weight excluding hydrogens is 548 g/mol. The maximum Gasteiger partial charge on any atom is 0.410 e. The Kier molecular flexibility index (Phi) is 7.00. The van der Waals surface area contributed by atoms with Gasteiger partial charge in [0.1, 0.15) is 40.3 Å². The van der Waals surface area contributed by atoms with E-state index in [9.17, 15) is 10.1 Å². The van der Waals surface area contributed by atoms with E-state index < -0.39 is 11.7 Å². The molecule has 1 unspecified atom stereocenters. The number of carbonyl (C=O) groups excluding carboxylic acids is 1. The van der Waals surface area contributed by atoms with Gasteiger partial charge in [0.05, 0.1) is 35.8 Å². The number of rotatable bonds is 5.